The van der Waals surface area contributed by atoms with Crippen LogP contribution in [-0.4, -0.2) is 12.2 Å². The first-order valence-corrected chi connectivity index (χ1v) is 6.02. The molecule has 1 unspecified atom stereocenters. The van der Waals surface area contributed by atoms with Crippen LogP contribution < -0.4 is 0 Å². The molecule has 0 aromatic carbocycles. The van der Waals surface area contributed by atoms with Gasteiger partial charge in [-0.2, -0.15) is 0 Å². The lowest BCUT2D eigenvalue weighted by Gasteiger charge is -2.10. The fourth-order valence-corrected chi connectivity index (χ4v) is 1.89. The summed E-state index contributed by atoms with van der Waals surface area (Å²) in [5.41, 5.74) is 1.82. The van der Waals surface area contributed by atoms with Crippen LogP contribution in [0.3, 0.4) is 0 Å². The van der Waals surface area contributed by atoms with Crippen molar-refractivity contribution in [3.63, 3.8) is 0 Å². The number of ether oxygens (including phenoxy) is 1. The second-order valence-electron chi connectivity index (χ2n) is 4.53. The molecule has 1 aliphatic rings. The summed E-state index contributed by atoms with van der Waals surface area (Å²) in [7, 11) is 0. The molecule has 1 atom stereocenters. The van der Waals surface area contributed by atoms with Gasteiger partial charge in [0.1, 0.15) is 0 Å². The molecule has 82 valence electrons. The third-order valence-electron chi connectivity index (χ3n) is 3.07. The highest BCUT2D eigenvalue weighted by molar-refractivity contribution is 5.02. The number of allylic oxidation sites excluding steroid dienone is 2. The lowest BCUT2D eigenvalue weighted by atomic mass is 9.95. The van der Waals surface area contributed by atoms with Gasteiger partial charge in [-0.15, -0.1) is 0 Å². The van der Waals surface area contributed by atoms with Gasteiger partial charge in [0.25, 0.3) is 0 Å². The molecule has 0 bridgehead atoms. The summed E-state index contributed by atoms with van der Waals surface area (Å²) < 4.78 is 5.60. The van der Waals surface area contributed by atoms with Crippen LogP contribution in [0.2, 0.25) is 0 Å². The van der Waals surface area contributed by atoms with Gasteiger partial charge in [0.15, 0.2) is 0 Å². The Bertz CT molecular complexity index is 189. The van der Waals surface area contributed by atoms with E-state index in [1.165, 1.54) is 37.7 Å². The number of hydrogen-bond donors (Lipinski definition) is 0. The summed E-state index contributed by atoms with van der Waals surface area (Å²) in [4.78, 5) is 0. The van der Waals surface area contributed by atoms with Gasteiger partial charge in [0, 0.05) is 0 Å². The van der Waals surface area contributed by atoms with E-state index in [1.54, 1.807) is 0 Å². The highest BCUT2D eigenvalue weighted by Crippen LogP contribution is 2.38. The molecule has 1 heterocycles. The van der Waals surface area contributed by atoms with Crippen LogP contribution in [0.4, 0.5) is 0 Å². The first-order valence-electron chi connectivity index (χ1n) is 6.02. The normalized spacial score (nSPS) is 26.6. The number of rotatable bonds is 7. The molecule has 1 fully saturated rings. The Hall–Kier alpha value is -0.300. The molecule has 1 saturated heterocycles. The highest BCUT2D eigenvalue weighted by atomic mass is 16.6. The summed E-state index contributed by atoms with van der Waals surface area (Å²) in [6.07, 6.45) is 9.81. The van der Waals surface area contributed by atoms with Gasteiger partial charge in [0.2, 0.25) is 0 Å². The Morgan fingerprint density at radius 2 is 2.07 bits per heavy atom. The average Bonchev–Trinajstić information content (AvgIpc) is 2.93. The van der Waals surface area contributed by atoms with Gasteiger partial charge in [-0.1, -0.05) is 38.3 Å². The predicted octanol–water partition coefficient (Wildman–Crippen LogP) is 4.08. The highest BCUT2D eigenvalue weighted by Gasteiger charge is 2.42. The van der Waals surface area contributed by atoms with Crippen LogP contribution in [0.25, 0.3) is 0 Å². The van der Waals surface area contributed by atoms with Crippen molar-refractivity contribution in [1.82, 2.24) is 0 Å². The molecule has 0 amide bonds. The van der Waals surface area contributed by atoms with Gasteiger partial charge in [0.05, 0.1) is 12.2 Å². The summed E-state index contributed by atoms with van der Waals surface area (Å²) in [6.45, 7) is 7.69. The zero-order valence-corrected chi connectivity index (χ0v) is 9.94. The van der Waals surface area contributed by atoms with E-state index in [4.69, 9.17) is 4.74 Å². The van der Waals surface area contributed by atoms with E-state index >= 15 is 0 Å². The number of unbranched alkanes of at least 4 members (excludes halogenated alkanes) is 1. The summed E-state index contributed by atoms with van der Waals surface area (Å²) >= 11 is 0. The van der Waals surface area contributed by atoms with E-state index in [2.05, 4.69) is 26.8 Å². The third kappa shape index (κ3) is 3.83. The maximum atomic E-state index is 5.60. The Labute approximate surface area is 88.5 Å². The lowest BCUT2D eigenvalue weighted by Crippen LogP contribution is -2.10. The monoisotopic (exact) mass is 196 g/mol. The molecule has 1 nitrogen and oxygen atoms in total. The molecule has 0 spiro atoms. The molecule has 0 radical (unpaired) electrons. The fraction of sp³-hybridized carbons (Fsp3) is 0.846. The second-order valence-corrected chi connectivity index (χ2v) is 4.53. The standard InChI is InChI=1S/C13H24O/c1-4-6-9-13(11-14-13)10-8-12(3)7-5-2/h7H,4-6,8-11H2,1-3H3. The fourth-order valence-electron chi connectivity index (χ4n) is 1.89. The molecular weight excluding hydrogens is 172 g/mol. The van der Waals surface area contributed by atoms with Crippen molar-refractivity contribution < 1.29 is 4.74 Å². The smallest absolute Gasteiger partial charge is 0.0919 e. The molecule has 14 heavy (non-hydrogen) atoms. The molecule has 1 heteroatoms. The summed E-state index contributed by atoms with van der Waals surface area (Å²) in [5, 5.41) is 0. The van der Waals surface area contributed by atoms with Crippen molar-refractivity contribution in [3.05, 3.63) is 11.6 Å². The van der Waals surface area contributed by atoms with E-state index in [-0.39, 0.29) is 0 Å². The van der Waals surface area contributed by atoms with E-state index in [9.17, 15) is 0 Å². The van der Waals surface area contributed by atoms with Gasteiger partial charge in [-0.3, -0.25) is 0 Å². The molecule has 0 N–H and O–H groups in total. The van der Waals surface area contributed by atoms with Crippen LogP contribution in [0.5, 0.6) is 0 Å². The zero-order chi connectivity index (χ0) is 10.4. The Morgan fingerprint density at radius 3 is 2.57 bits per heavy atom. The number of epoxide rings is 1. The lowest BCUT2D eigenvalue weighted by molar-refractivity contribution is 0.269. The maximum absolute atomic E-state index is 5.60. The topological polar surface area (TPSA) is 12.5 Å². The SMILES string of the molecule is CCC=C(C)CCC1(CCCC)CO1. The van der Waals surface area contributed by atoms with Gasteiger partial charge < -0.3 is 4.74 Å². The molecule has 0 aromatic rings. The minimum atomic E-state index is 0.291. The molecule has 0 saturated carbocycles. The summed E-state index contributed by atoms with van der Waals surface area (Å²) in [6, 6.07) is 0. The van der Waals surface area contributed by atoms with Crippen LogP contribution in [0.15, 0.2) is 11.6 Å². The minimum absolute atomic E-state index is 0.291. The van der Waals surface area contributed by atoms with Crippen molar-refractivity contribution in [2.24, 2.45) is 0 Å². The van der Waals surface area contributed by atoms with E-state index in [0.29, 0.717) is 5.60 Å². The van der Waals surface area contributed by atoms with E-state index < -0.39 is 0 Å². The van der Waals surface area contributed by atoms with Gasteiger partial charge >= 0.3 is 0 Å². The van der Waals surface area contributed by atoms with Crippen LogP contribution in [0.1, 0.15) is 59.3 Å². The molecule has 1 aliphatic heterocycles. The van der Waals surface area contributed by atoms with Gasteiger partial charge in [-0.25, -0.2) is 0 Å². The molecule has 0 aromatic heterocycles. The van der Waals surface area contributed by atoms with Crippen LogP contribution in [0, 0.1) is 0 Å². The first-order chi connectivity index (χ1) is 6.72. The molecule has 1 rings (SSSR count). The van der Waals surface area contributed by atoms with Gasteiger partial charge in [-0.05, 0) is 32.6 Å². The Kier molecular flexibility index (Phi) is 4.67. The Morgan fingerprint density at radius 1 is 1.36 bits per heavy atom. The maximum Gasteiger partial charge on any atom is 0.0919 e. The number of hydrogen-bond acceptors (Lipinski definition) is 1. The predicted molar refractivity (Wildman–Crippen MR) is 61.5 cm³/mol. The second kappa shape index (κ2) is 5.55. The third-order valence-corrected chi connectivity index (χ3v) is 3.07. The average molecular weight is 196 g/mol. The molecular formula is C13H24O. The summed E-state index contributed by atoms with van der Waals surface area (Å²) in [5.74, 6) is 0. The van der Waals surface area contributed by atoms with Crippen LogP contribution in [-0.2, 0) is 4.74 Å². The first kappa shape index (κ1) is 11.8. The van der Waals surface area contributed by atoms with E-state index in [1.807, 2.05) is 0 Å². The van der Waals surface area contributed by atoms with Crippen molar-refractivity contribution in [1.29, 1.82) is 0 Å². The largest absolute Gasteiger partial charge is 0.370 e. The van der Waals surface area contributed by atoms with Crippen LogP contribution >= 0.6 is 0 Å². The minimum Gasteiger partial charge on any atom is -0.370 e. The molecule has 0 aliphatic carbocycles. The Balaban J connectivity index is 2.20. The zero-order valence-electron chi connectivity index (χ0n) is 9.94. The van der Waals surface area contributed by atoms with Crippen molar-refractivity contribution in [3.8, 4) is 0 Å². The van der Waals surface area contributed by atoms with Crippen molar-refractivity contribution in [2.45, 2.75) is 64.9 Å². The van der Waals surface area contributed by atoms with E-state index in [0.717, 1.165) is 13.0 Å². The quantitative estimate of drug-likeness (QED) is 0.441. The van der Waals surface area contributed by atoms with Crippen molar-refractivity contribution >= 4 is 0 Å². The van der Waals surface area contributed by atoms with Crippen molar-refractivity contribution in [2.75, 3.05) is 6.61 Å².